The summed E-state index contributed by atoms with van der Waals surface area (Å²) in [5.74, 6) is 0.646. The molecule has 0 bridgehead atoms. The van der Waals surface area contributed by atoms with E-state index in [1.54, 1.807) is 20.2 Å². The zero-order valence-electron chi connectivity index (χ0n) is 13.8. The summed E-state index contributed by atoms with van der Waals surface area (Å²) in [4.78, 5) is 19.2. The van der Waals surface area contributed by atoms with Gasteiger partial charge in [-0.3, -0.25) is 9.69 Å². The van der Waals surface area contributed by atoms with Gasteiger partial charge in [-0.05, 0) is 85.6 Å². The van der Waals surface area contributed by atoms with Crippen molar-refractivity contribution in [2.75, 3.05) is 14.2 Å². The second-order valence-corrected chi connectivity index (χ2v) is 8.49. The van der Waals surface area contributed by atoms with Crippen LogP contribution >= 0.6 is 55.2 Å². The Kier molecular flexibility index (Phi) is 6.12. The lowest BCUT2D eigenvalue weighted by atomic mass is 10.2. The number of carbonyl (C=O) groups excluding carboxylic acids is 1. The summed E-state index contributed by atoms with van der Waals surface area (Å²) in [5.41, 5.74) is 1.59. The largest absolute Gasteiger partial charge is 0.496 e. The Morgan fingerprint density at radius 1 is 1.19 bits per heavy atom. The smallest absolute Gasteiger partial charge is 0.266 e. The third-order valence-electron chi connectivity index (χ3n) is 3.61. The minimum atomic E-state index is -0.0936. The fourth-order valence-corrected chi connectivity index (χ4v) is 4.21. The van der Waals surface area contributed by atoms with Gasteiger partial charge in [0, 0.05) is 11.5 Å². The minimum absolute atomic E-state index is 0.0936. The highest BCUT2D eigenvalue weighted by Gasteiger charge is 2.30. The maximum Gasteiger partial charge on any atom is 0.266 e. The molecule has 0 N–H and O–H groups in total. The van der Waals surface area contributed by atoms with Gasteiger partial charge in [0.1, 0.15) is 5.75 Å². The number of ether oxygens (including phenoxy) is 1. The monoisotopic (exact) mass is 514 g/mol. The number of nitrogens with zero attached hydrogens (tertiary/aromatic N) is 2. The highest BCUT2D eigenvalue weighted by Crippen LogP contribution is 2.35. The SMILES string of the molecule is COc1ccc(/C=C2\SC(=Nc3ccc(Br)c(Cl)c3)N(C)C2=O)cc1Br. The van der Waals surface area contributed by atoms with Crippen molar-refractivity contribution in [3.05, 3.63) is 60.8 Å². The predicted octanol–water partition coefficient (Wildman–Crippen LogP) is 6.11. The molecule has 0 aromatic heterocycles. The maximum atomic E-state index is 12.5. The average Bonchev–Trinajstić information content (AvgIpc) is 2.86. The molecule has 134 valence electrons. The molecule has 0 atom stereocenters. The molecule has 1 saturated heterocycles. The highest BCUT2D eigenvalue weighted by atomic mass is 79.9. The first kappa shape index (κ1) is 19.5. The first-order valence-electron chi connectivity index (χ1n) is 7.44. The van der Waals surface area contributed by atoms with Crippen molar-refractivity contribution in [3.63, 3.8) is 0 Å². The number of amides is 1. The minimum Gasteiger partial charge on any atom is -0.496 e. The third kappa shape index (κ3) is 4.17. The van der Waals surface area contributed by atoms with E-state index in [1.165, 1.54) is 16.7 Å². The lowest BCUT2D eigenvalue weighted by Crippen LogP contribution is -2.23. The number of thioether (sulfide) groups is 1. The summed E-state index contributed by atoms with van der Waals surface area (Å²) in [6.45, 7) is 0. The van der Waals surface area contributed by atoms with Crippen LogP contribution in [0, 0.1) is 0 Å². The van der Waals surface area contributed by atoms with Crippen LogP contribution in [0.2, 0.25) is 5.02 Å². The number of hydrogen-bond donors (Lipinski definition) is 0. The van der Waals surface area contributed by atoms with Crippen LogP contribution in [0.5, 0.6) is 5.75 Å². The van der Waals surface area contributed by atoms with Crippen molar-refractivity contribution in [2.45, 2.75) is 0 Å². The van der Waals surface area contributed by atoms with E-state index in [-0.39, 0.29) is 5.91 Å². The molecule has 1 aliphatic heterocycles. The van der Waals surface area contributed by atoms with Gasteiger partial charge in [0.15, 0.2) is 5.17 Å². The molecule has 1 amide bonds. The van der Waals surface area contributed by atoms with Crippen molar-refractivity contribution in [1.82, 2.24) is 4.90 Å². The first-order valence-corrected chi connectivity index (χ1v) is 10.2. The van der Waals surface area contributed by atoms with E-state index in [0.717, 1.165) is 20.3 Å². The fraction of sp³-hybridized carbons (Fsp3) is 0.111. The van der Waals surface area contributed by atoms with E-state index in [9.17, 15) is 4.79 Å². The quantitative estimate of drug-likeness (QED) is 0.463. The molecule has 3 rings (SSSR count). The molecule has 0 radical (unpaired) electrons. The number of methoxy groups -OCH3 is 1. The van der Waals surface area contributed by atoms with Gasteiger partial charge in [-0.1, -0.05) is 17.7 Å². The predicted molar refractivity (Wildman–Crippen MR) is 115 cm³/mol. The van der Waals surface area contributed by atoms with E-state index in [2.05, 4.69) is 36.9 Å². The molecule has 0 aliphatic carbocycles. The molecule has 1 fully saturated rings. The van der Waals surface area contributed by atoms with Crippen LogP contribution in [-0.4, -0.2) is 30.1 Å². The van der Waals surface area contributed by atoms with Gasteiger partial charge >= 0.3 is 0 Å². The molecule has 1 aliphatic rings. The topological polar surface area (TPSA) is 41.9 Å². The van der Waals surface area contributed by atoms with Gasteiger partial charge in [-0.2, -0.15) is 0 Å². The van der Waals surface area contributed by atoms with Crippen molar-refractivity contribution in [2.24, 2.45) is 4.99 Å². The molecule has 2 aromatic carbocycles. The Morgan fingerprint density at radius 2 is 1.96 bits per heavy atom. The van der Waals surface area contributed by atoms with Crippen LogP contribution in [0.4, 0.5) is 5.69 Å². The molecule has 8 heteroatoms. The van der Waals surface area contributed by atoms with Gasteiger partial charge < -0.3 is 4.74 Å². The number of benzene rings is 2. The van der Waals surface area contributed by atoms with E-state index in [1.807, 2.05) is 36.4 Å². The number of hydrogen-bond acceptors (Lipinski definition) is 4. The molecule has 2 aromatic rings. The Hall–Kier alpha value is -1.28. The number of likely N-dealkylation sites (N-methyl/N-ethyl adjacent to an activating group) is 1. The normalized spacial score (nSPS) is 17.4. The summed E-state index contributed by atoms with van der Waals surface area (Å²) in [7, 11) is 3.32. The molecule has 4 nitrogen and oxygen atoms in total. The molecular weight excluding hydrogens is 504 g/mol. The van der Waals surface area contributed by atoms with Crippen molar-refractivity contribution >= 4 is 78.1 Å². The second kappa shape index (κ2) is 8.17. The Bertz CT molecular complexity index is 947. The van der Waals surface area contributed by atoms with Gasteiger partial charge in [-0.15, -0.1) is 0 Å². The number of amidine groups is 1. The summed E-state index contributed by atoms with van der Waals surface area (Å²) >= 11 is 14.2. The lowest BCUT2D eigenvalue weighted by Gasteiger charge is -2.07. The second-order valence-electron chi connectivity index (χ2n) is 5.36. The molecule has 0 spiro atoms. The van der Waals surface area contributed by atoms with Crippen LogP contribution in [0.15, 0.2) is 55.2 Å². The van der Waals surface area contributed by atoms with Crippen LogP contribution in [-0.2, 0) is 4.79 Å². The van der Waals surface area contributed by atoms with Crippen molar-refractivity contribution in [1.29, 1.82) is 0 Å². The lowest BCUT2D eigenvalue weighted by molar-refractivity contribution is -0.121. The van der Waals surface area contributed by atoms with Crippen LogP contribution in [0.1, 0.15) is 5.56 Å². The van der Waals surface area contributed by atoms with Gasteiger partial charge in [0.25, 0.3) is 5.91 Å². The van der Waals surface area contributed by atoms with Gasteiger partial charge in [0.2, 0.25) is 0 Å². The fourth-order valence-electron chi connectivity index (χ4n) is 2.24. The Balaban J connectivity index is 1.89. The maximum absolute atomic E-state index is 12.5. The highest BCUT2D eigenvalue weighted by molar-refractivity contribution is 9.10. The zero-order valence-corrected chi connectivity index (χ0v) is 18.5. The summed E-state index contributed by atoms with van der Waals surface area (Å²) in [5, 5.41) is 1.18. The van der Waals surface area contributed by atoms with Crippen LogP contribution in [0.3, 0.4) is 0 Å². The standard InChI is InChI=1S/C18H13Br2ClN2O2S/c1-23-17(24)16(8-10-3-6-15(25-2)13(20)7-10)26-18(23)22-11-4-5-12(19)14(21)9-11/h3-9H,1-2H3/b16-8-,22-18?. The number of halogens is 3. The number of aliphatic imine (C=N–C) groups is 1. The van der Waals surface area contributed by atoms with Crippen LogP contribution in [0.25, 0.3) is 6.08 Å². The average molecular weight is 517 g/mol. The van der Waals surface area contributed by atoms with E-state index in [0.29, 0.717) is 20.8 Å². The van der Waals surface area contributed by atoms with Gasteiger partial charge in [-0.25, -0.2) is 4.99 Å². The molecule has 0 unspecified atom stereocenters. The van der Waals surface area contributed by atoms with Crippen molar-refractivity contribution in [3.8, 4) is 5.75 Å². The summed E-state index contributed by atoms with van der Waals surface area (Å²) in [6.07, 6.45) is 1.84. The van der Waals surface area contributed by atoms with E-state index < -0.39 is 0 Å². The third-order valence-corrected chi connectivity index (χ3v) is 6.52. The molecule has 1 heterocycles. The molecule has 0 saturated carbocycles. The van der Waals surface area contributed by atoms with Gasteiger partial charge in [0.05, 0.1) is 27.2 Å². The Morgan fingerprint density at radius 3 is 2.62 bits per heavy atom. The first-order chi connectivity index (χ1) is 12.4. The zero-order chi connectivity index (χ0) is 18.8. The van der Waals surface area contributed by atoms with Crippen LogP contribution < -0.4 is 4.74 Å². The number of rotatable bonds is 3. The molecular formula is C18H13Br2ClN2O2S. The Labute approximate surface area is 177 Å². The molecule has 26 heavy (non-hydrogen) atoms. The van der Waals surface area contributed by atoms with E-state index >= 15 is 0 Å². The van der Waals surface area contributed by atoms with E-state index in [4.69, 9.17) is 16.3 Å². The summed E-state index contributed by atoms with van der Waals surface area (Å²) < 4.78 is 6.86. The van der Waals surface area contributed by atoms with Crippen molar-refractivity contribution < 1.29 is 9.53 Å². The summed E-state index contributed by atoms with van der Waals surface area (Å²) in [6, 6.07) is 11.1. The number of carbonyl (C=O) groups is 1.